The van der Waals surface area contributed by atoms with E-state index in [-0.39, 0.29) is 11.7 Å². The topological polar surface area (TPSA) is 101 Å². The van der Waals surface area contributed by atoms with Gasteiger partial charge < -0.3 is 14.9 Å². The zero-order chi connectivity index (χ0) is 20.3. The van der Waals surface area contributed by atoms with Crippen molar-refractivity contribution in [2.75, 3.05) is 6.61 Å². The number of carbonyl (C=O) groups excluding carboxylic acids is 3. The van der Waals surface area contributed by atoms with E-state index in [1.54, 1.807) is 0 Å². The van der Waals surface area contributed by atoms with Gasteiger partial charge in [0.15, 0.2) is 18.0 Å². The molecule has 0 saturated heterocycles. The average molecular weight is 390 g/mol. The summed E-state index contributed by atoms with van der Waals surface area (Å²) in [6.45, 7) is 2.64. The number of Topliss-reactive ketones (excluding diaryl/α,β-unsaturated/α-hetero) is 1. The molecule has 0 aromatic rings. The molecular weight excluding hydrogens is 360 g/mol. The van der Waals surface area contributed by atoms with Gasteiger partial charge in [0.05, 0.1) is 6.10 Å². The standard InChI is InChI=1S/C22H30O6/c1-12(23)28-11-20(26)22(27)19(25)10-18-17-5-3-13-9-14(24)4-6-15(13)16(17)7-8-21(18,22)2/h9,15-19,25,27H,3-8,10-11H2,1-2H3/t15-,16+,17+,18-,19+,21-,22-/m0/s1. The van der Waals surface area contributed by atoms with Gasteiger partial charge in [0.25, 0.3) is 0 Å². The molecule has 0 unspecified atom stereocenters. The number of aliphatic hydroxyl groups is 2. The molecule has 6 nitrogen and oxygen atoms in total. The second-order valence-electron chi connectivity index (χ2n) is 9.48. The van der Waals surface area contributed by atoms with Crippen molar-refractivity contribution in [2.24, 2.45) is 29.1 Å². The Labute approximate surface area is 165 Å². The van der Waals surface area contributed by atoms with Crippen LogP contribution in [-0.4, -0.2) is 46.1 Å². The second kappa shape index (κ2) is 6.77. The van der Waals surface area contributed by atoms with Crippen LogP contribution in [0.15, 0.2) is 11.6 Å². The van der Waals surface area contributed by atoms with Crippen molar-refractivity contribution in [1.82, 2.24) is 0 Å². The Morgan fingerprint density at radius 2 is 1.96 bits per heavy atom. The summed E-state index contributed by atoms with van der Waals surface area (Å²) in [5, 5.41) is 22.2. The van der Waals surface area contributed by atoms with Crippen molar-refractivity contribution in [1.29, 1.82) is 0 Å². The van der Waals surface area contributed by atoms with E-state index >= 15 is 0 Å². The number of carbonyl (C=O) groups is 3. The summed E-state index contributed by atoms with van der Waals surface area (Å²) in [6, 6.07) is 0. The van der Waals surface area contributed by atoms with E-state index in [1.807, 2.05) is 13.0 Å². The number of allylic oxidation sites excluding steroid dienone is 1. The number of ether oxygens (including phenoxy) is 1. The molecule has 0 radical (unpaired) electrons. The molecule has 0 aromatic heterocycles. The first kappa shape index (κ1) is 19.8. The first-order chi connectivity index (χ1) is 13.2. The molecule has 0 aromatic carbocycles. The van der Waals surface area contributed by atoms with Crippen LogP contribution >= 0.6 is 0 Å². The maximum atomic E-state index is 12.8. The zero-order valence-corrected chi connectivity index (χ0v) is 16.6. The highest BCUT2D eigenvalue weighted by Crippen LogP contribution is 2.65. The molecule has 4 rings (SSSR count). The van der Waals surface area contributed by atoms with Crippen molar-refractivity contribution < 1.29 is 29.3 Å². The normalized spacial score (nSPS) is 44.8. The quantitative estimate of drug-likeness (QED) is 0.715. The van der Waals surface area contributed by atoms with Gasteiger partial charge in [-0.05, 0) is 68.3 Å². The molecule has 0 bridgehead atoms. The molecule has 0 aliphatic heterocycles. The van der Waals surface area contributed by atoms with Crippen molar-refractivity contribution >= 4 is 17.5 Å². The second-order valence-corrected chi connectivity index (χ2v) is 9.48. The zero-order valence-electron chi connectivity index (χ0n) is 16.6. The van der Waals surface area contributed by atoms with Gasteiger partial charge in [-0.3, -0.25) is 14.4 Å². The van der Waals surface area contributed by atoms with Gasteiger partial charge in [0, 0.05) is 18.8 Å². The minimum atomic E-state index is -1.88. The van der Waals surface area contributed by atoms with E-state index in [2.05, 4.69) is 0 Å². The Kier molecular flexibility index (Phi) is 4.78. The van der Waals surface area contributed by atoms with Crippen LogP contribution in [0.5, 0.6) is 0 Å². The maximum absolute atomic E-state index is 12.8. The largest absolute Gasteiger partial charge is 0.458 e. The molecule has 154 valence electrons. The Balaban J connectivity index is 1.61. The van der Waals surface area contributed by atoms with E-state index in [0.717, 1.165) is 25.7 Å². The highest BCUT2D eigenvalue weighted by Gasteiger charge is 2.69. The van der Waals surface area contributed by atoms with E-state index in [0.29, 0.717) is 37.0 Å². The summed E-state index contributed by atoms with van der Waals surface area (Å²) in [6.07, 6.45) is 5.95. The molecule has 7 atom stereocenters. The van der Waals surface area contributed by atoms with Gasteiger partial charge in [0.1, 0.15) is 0 Å². The summed E-state index contributed by atoms with van der Waals surface area (Å²) in [7, 11) is 0. The van der Waals surface area contributed by atoms with Crippen LogP contribution in [-0.2, 0) is 19.1 Å². The lowest BCUT2D eigenvalue weighted by Gasteiger charge is -2.55. The summed E-state index contributed by atoms with van der Waals surface area (Å²) >= 11 is 0. The molecule has 2 N–H and O–H groups in total. The Morgan fingerprint density at radius 3 is 2.68 bits per heavy atom. The van der Waals surface area contributed by atoms with E-state index < -0.39 is 35.5 Å². The number of hydrogen-bond donors (Lipinski definition) is 2. The van der Waals surface area contributed by atoms with Crippen LogP contribution in [0.25, 0.3) is 0 Å². The molecule has 3 saturated carbocycles. The van der Waals surface area contributed by atoms with E-state index in [1.165, 1.54) is 12.5 Å². The molecule has 4 aliphatic carbocycles. The van der Waals surface area contributed by atoms with Gasteiger partial charge in [-0.1, -0.05) is 12.5 Å². The van der Waals surface area contributed by atoms with Crippen LogP contribution < -0.4 is 0 Å². The average Bonchev–Trinajstić information content (AvgIpc) is 2.87. The summed E-state index contributed by atoms with van der Waals surface area (Å²) in [5.41, 5.74) is -1.33. The molecule has 4 aliphatic rings. The van der Waals surface area contributed by atoms with E-state index in [4.69, 9.17) is 4.74 Å². The lowest BCUT2D eigenvalue weighted by molar-refractivity contribution is -0.179. The van der Waals surface area contributed by atoms with Crippen molar-refractivity contribution in [3.8, 4) is 0 Å². The highest BCUT2D eigenvalue weighted by atomic mass is 16.5. The summed E-state index contributed by atoms with van der Waals surface area (Å²) < 4.78 is 4.84. The minimum Gasteiger partial charge on any atom is -0.458 e. The highest BCUT2D eigenvalue weighted by molar-refractivity contribution is 5.92. The van der Waals surface area contributed by atoms with Crippen molar-refractivity contribution in [3.05, 3.63) is 11.6 Å². The van der Waals surface area contributed by atoms with Crippen LogP contribution in [0.3, 0.4) is 0 Å². The van der Waals surface area contributed by atoms with Gasteiger partial charge in [-0.2, -0.15) is 0 Å². The van der Waals surface area contributed by atoms with Crippen LogP contribution in [0.4, 0.5) is 0 Å². The predicted octanol–water partition coefficient (Wildman–Crippen LogP) is 1.96. The molecule has 28 heavy (non-hydrogen) atoms. The fourth-order valence-electron chi connectivity index (χ4n) is 6.98. The van der Waals surface area contributed by atoms with Crippen LogP contribution in [0, 0.1) is 29.1 Å². The number of esters is 1. The predicted molar refractivity (Wildman–Crippen MR) is 100 cm³/mol. The molecule has 0 spiro atoms. The Bertz CT molecular complexity index is 741. The van der Waals surface area contributed by atoms with Gasteiger partial charge in [-0.15, -0.1) is 0 Å². The monoisotopic (exact) mass is 390 g/mol. The van der Waals surface area contributed by atoms with Gasteiger partial charge in [-0.25, -0.2) is 0 Å². The van der Waals surface area contributed by atoms with Gasteiger partial charge in [0.2, 0.25) is 5.78 Å². The van der Waals surface area contributed by atoms with Crippen LogP contribution in [0.1, 0.15) is 58.8 Å². The SMILES string of the molecule is CC(=O)OCC(=O)[C@@]1(O)[C@H](O)C[C@H]2[C@@H]3CCC4=CC(=O)CC[C@@H]4[C@H]3CC[C@@]21C. The Morgan fingerprint density at radius 1 is 1.21 bits per heavy atom. The lowest BCUT2D eigenvalue weighted by Crippen LogP contribution is -2.60. The van der Waals surface area contributed by atoms with E-state index in [9.17, 15) is 24.6 Å². The first-order valence-corrected chi connectivity index (χ1v) is 10.5. The number of rotatable bonds is 3. The van der Waals surface area contributed by atoms with Crippen molar-refractivity contribution in [3.63, 3.8) is 0 Å². The number of aliphatic hydroxyl groups excluding tert-OH is 1. The van der Waals surface area contributed by atoms with Gasteiger partial charge >= 0.3 is 5.97 Å². The summed E-state index contributed by atoms with van der Waals surface area (Å²) in [4.78, 5) is 35.7. The number of hydrogen-bond acceptors (Lipinski definition) is 6. The fraction of sp³-hybridized carbons (Fsp3) is 0.773. The molecule has 3 fully saturated rings. The number of fused-ring (bicyclic) bond motifs is 5. The minimum absolute atomic E-state index is 0.0479. The fourth-order valence-corrected chi connectivity index (χ4v) is 6.98. The first-order valence-electron chi connectivity index (χ1n) is 10.5. The molecule has 0 heterocycles. The third-order valence-corrected chi connectivity index (χ3v) is 8.35. The number of ketones is 2. The lowest BCUT2D eigenvalue weighted by atomic mass is 9.50. The third kappa shape index (κ3) is 2.71. The third-order valence-electron chi connectivity index (χ3n) is 8.35. The van der Waals surface area contributed by atoms with Crippen molar-refractivity contribution in [2.45, 2.75) is 70.5 Å². The molecular formula is C22H30O6. The Hall–Kier alpha value is -1.53. The maximum Gasteiger partial charge on any atom is 0.303 e. The molecule has 0 amide bonds. The summed E-state index contributed by atoms with van der Waals surface area (Å²) in [5.74, 6) is 0.303. The molecule has 6 heteroatoms. The van der Waals surface area contributed by atoms with Crippen LogP contribution in [0.2, 0.25) is 0 Å². The smallest absolute Gasteiger partial charge is 0.303 e.